The maximum atomic E-state index is 10.7. The molecule has 0 saturated carbocycles. The first kappa shape index (κ1) is 11.3. The molecule has 0 spiro atoms. The first-order valence-electron chi connectivity index (χ1n) is 3.07. The molecule has 1 N–H and O–H groups in total. The molecule has 1 aromatic rings. The Bertz CT molecular complexity index is 354. The van der Waals surface area contributed by atoms with Crippen LogP contribution < -0.4 is 3.83 Å². The van der Waals surface area contributed by atoms with Crippen molar-refractivity contribution in [3.8, 4) is 5.75 Å². The highest BCUT2D eigenvalue weighted by molar-refractivity contribution is 14.1. The molecule has 0 bridgehead atoms. The van der Waals surface area contributed by atoms with Crippen molar-refractivity contribution in [3.63, 3.8) is 0 Å². The summed E-state index contributed by atoms with van der Waals surface area (Å²) in [4.78, 5) is 10.7. The molecule has 3 nitrogen and oxygen atoms in total. The lowest BCUT2D eigenvalue weighted by molar-refractivity contribution is 0.0695. The summed E-state index contributed by atoms with van der Waals surface area (Å²) in [5.74, 6) is -0.744. The maximum absolute atomic E-state index is 10.7. The number of halogens is 3. The summed E-state index contributed by atoms with van der Waals surface area (Å²) in [6.45, 7) is 0. The lowest BCUT2D eigenvalue weighted by Gasteiger charge is -2.06. The van der Waals surface area contributed by atoms with E-state index in [1.54, 1.807) is 6.07 Å². The van der Waals surface area contributed by atoms with E-state index in [1.807, 2.05) is 0 Å². The molecule has 0 fully saturated rings. The van der Waals surface area contributed by atoms with Crippen LogP contribution in [-0.4, -0.2) is 11.1 Å². The van der Waals surface area contributed by atoms with E-state index < -0.39 is 5.97 Å². The Morgan fingerprint density at radius 2 is 2.15 bits per heavy atom. The third-order valence-electron chi connectivity index (χ3n) is 1.36. The number of hydrogen-bond acceptors (Lipinski definition) is 2. The molecule has 70 valence electrons. The Labute approximate surface area is 105 Å². The molecule has 0 aliphatic rings. The van der Waals surface area contributed by atoms with Gasteiger partial charge in [-0.25, -0.2) is 4.79 Å². The predicted molar refractivity (Wildman–Crippen MR) is 63.4 cm³/mol. The Morgan fingerprint density at radius 1 is 1.54 bits per heavy atom. The van der Waals surface area contributed by atoms with Gasteiger partial charge in [-0.3, -0.25) is 0 Å². The van der Waals surface area contributed by atoms with Crippen LogP contribution in [0.3, 0.4) is 0 Å². The molecule has 0 heterocycles. The number of carboxylic acids is 1. The van der Waals surface area contributed by atoms with Gasteiger partial charge >= 0.3 is 5.97 Å². The minimum absolute atomic E-state index is 0.115. The monoisotopic (exact) mass is 420 g/mol. The normalized spacial score (nSPS) is 9.77. The van der Waals surface area contributed by atoms with Gasteiger partial charge in [0.15, 0.2) is 22.0 Å². The Kier molecular flexibility index (Phi) is 3.99. The van der Waals surface area contributed by atoms with E-state index in [-0.39, 0.29) is 11.3 Å². The fourth-order valence-corrected chi connectivity index (χ4v) is 2.18. The summed E-state index contributed by atoms with van der Waals surface area (Å²) in [6.07, 6.45) is 0. The third-order valence-corrected chi connectivity index (χ3v) is 4.11. The van der Waals surface area contributed by atoms with Crippen LogP contribution in [0.25, 0.3) is 0 Å². The number of aromatic carboxylic acids is 1. The zero-order valence-electron chi connectivity index (χ0n) is 6.05. The van der Waals surface area contributed by atoms with Crippen molar-refractivity contribution < 1.29 is 13.7 Å². The summed E-state index contributed by atoms with van der Waals surface area (Å²) in [7, 11) is 0. The molecular weight excluding hydrogens is 419 g/mol. The van der Waals surface area contributed by atoms with E-state index in [1.165, 1.54) is 6.07 Å². The van der Waals surface area contributed by atoms with Crippen molar-refractivity contribution in [3.05, 3.63) is 25.7 Å². The summed E-state index contributed by atoms with van der Waals surface area (Å²) in [6, 6.07) is 3.19. The second-order valence-corrected chi connectivity index (χ2v) is 4.40. The van der Waals surface area contributed by atoms with E-state index >= 15 is 0 Å². The first-order chi connectivity index (χ1) is 6.07. The third kappa shape index (κ3) is 2.35. The Hall–Kier alpha value is 0.180. The molecule has 0 unspecified atom stereocenters. The molecule has 0 aromatic heterocycles. The summed E-state index contributed by atoms with van der Waals surface area (Å²) in [5, 5.41) is 8.79. The highest BCUT2D eigenvalue weighted by Crippen LogP contribution is 2.34. The number of carbonyl (C=O) groups is 1. The molecule has 0 saturated heterocycles. The quantitative estimate of drug-likeness (QED) is 0.744. The van der Waals surface area contributed by atoms with Gasteiger partial charge in [-0.1, -0.05) is 0 Å². The van der Waals surface area contributed by atoms with E-state index in [2.05, 4.69) is 54.8 Å². The van der Waals surface area contributed by atoms with Crippen LogP contribution in [0.2, 0.25) is 0 Å². The van der Waals surface area contributed by atoms with Gasteiger partial charge in [-0.2, -0.15) is 0 Å². The Balaban J connectivity index is 3.38. The standard InChI is InChI=1S/C7H3Br2IO3/c8-5-4(10)2-1-3(7(11)12)6(5)13-9/h1-2H,(H,11,12). The number of benzene rings is 1. The van der Waals surface area contributed by atoms with Gasteiger partial charge in [0.2, 0.25) is 0 Å². The van der Waals surface area contributed by atoms with Crippen LogP contribution in [0.5, 0.6) is 5.75 Å². The van der Waals surface area contributed by atoms with Crippen LogP contribution in [0.1, 0.15) is 10.4 Å². The minimum Gasteiger partial charge on any atom is -0.478 e. The predicted octanol–water partition coefficient (Wildman–Crippen LogP) is 3.44. The van der Waals surface area contributed by atoms with Gasteiger partial charge in [-0.05, 0) is 50.7 Å². The van der Waals surface area contributed by atoms with Crippen LogP contribution in [-0.2, 0) is 0 Å². The van der Waals surface area contributed by atoms with E-state index in [9.17, 15) is 4.79 Å². The lowest BCUT2D eigenvalue weighted by Crippen LogP contribution is -1.99. The molecule has 0 amide bonds. The fourth-order valence-electron chi connectivity index (χ4n) is 0.776. The van der Waals surface area contributed by atoms with Gasteiger partial charge in [0.25, 0.3) is 0 Å². The van der Waals surface area contributed by atoms with E-state index in [4.69, 9.17) is 8.93 Å². The molecule has 1 rings (SSSR count). The number of carboxylic acid groups (broad SMARTS) is 1. The van der Waals surface area contributed by atoms with E-state index in [0.717, 1.165) is 3.57 Å². The SMILES string of the molecule is O=C(O)c1ccc(I)c(Br)c1OBr. The lowest BCUT2D eigenvalue weighted by atomic mass is 10.2. The zero-order valence-corrected chi connectivity index (χ0v) is 11.4. The molecule has 6 heteroatoms. The highest BCUT2D eigenvalue weighted by Gasteiger charge is 2.16. The first-order valence-corrected chi connectivity index (χ1v) is 5.59. The average Bonchev–Trinajstić information content (AvgIpc) is 2.09. The van der Waals surface area contributed by atoms with Crippen LogP contribution in [0.4, 0.5) is 0 Å². The van der Waals surface area contributed by atoms with Crippen molar-refractivity contribution in [2.75, 3.05) is 0 Å². The van der Waals surface area contributed by atoms with Gasteiger partial charge in [0, 0.05) is 3.57 Å². The van der Waals surface area contributed by atoms with Crippen LogP contribution in [0, 0.1) is 3.57 Å². The summed E-state index contributed by atoms with van der Waals surface area (Å²) < 4.78 is 6.31. The van der Waals surface area contributed by atoms with Gasteiger partial charge in [0.05, 0.1) is 4.47 Å². The minimum atomic E-state index is -1.02. The molecule has 13 heavy (non-hydrogen) atoms. The second-order valence-electron chi connectivity index (χ2n) is 2.12. The van der Waals surface area contributed by atoms with Crippen molar-refractivity contribution in [1.82, 2.24) is 0 Å². The topological polar surface area (TPSA) is 46.5 Å². The average molecular weight is 422 g/mol. The fraction of sp³-hybridized carbons (Fsp3) is 0. The highest BCUT2D eigenvalue weighted by atomic mass is 127. The van der Waals surface area contributed by atoms with Gasteiger partial charge in [0.1, 0.15) is 5.56 Å². The molecule has 0 aliphatic heterocycles. The number of hydrogen-bond donors (Lipinski definition) is 1. The second kappa shape index (κ2) is 4.61. The number of rotatable bonds is 2. The zero-order chi connectivity index (χ0) is 10.0. The molecule has 0 radical (unpaired) electrons. The summed E-state index contributed by atoms with van der Waals surface area (Å²) in [5.41, 5.74) is 0.115. The van der Waals surface area contributed by atoms with Crippen molar-refractivity contribution >= 4 is 60.7 Å². The molecular formula is C7H3Br2IO3. The molecule has 0 atom stereocenters. The van der Waals surface area contributed by atoms with Crippen LogP contribution in [0.15, 0.2) is 16.6 Å². The van der Waals surface area contributed by atoms with Crippen molar-refractivity contribution in [1.29, 1.82) is 0 Å². The van der Waals surface area contributed by atoms with Crippen molar-refractivity contribution in [2.45, 2.75) is 0 Å². The summed E-state index contributed by atoms with van der Waals surface area (Å²) >= 11 is 8.07. The smallest absolute Gasteiger partial charge is 0.339 e. The maximum Gasteiger partial charge on any atom is 0.339 e. The van der Waals surface area contributed by atoms with Crippen molar-refractivity contribution in [2.24, 2.45) is 0 Å². The molecule has 1 aromatic carbocycles. The van der Waals surface area contributed by atoms with Crippen LogP contribution >= 0.6 is 54.8 Å². The molecule has 0 aliphatic carbocycles. The van der Waals surface area contributed by atoms with E-state index in [0.29, 0.717) is 4.47 Å². The van der Waals surface area contributed by atoms with Gasteiger partial charge < -0.3 is 8.93 Å². The largest absolute Gasteiger partial charge is 0.478 e. The van der Waals surface area contributed by atoms with Gasteiger partial charge in [-0.15, -0.1) is 0 Å². The Morgan fingerprint density at radius 3 is 2.62 bits per heavy atom.